The van der Waals surface area contributed by atoms with E-state index in [1.807, 2.05) is 17.3 Å². The Hall–Kier alpha value is -3.85. The van der Waals surface area contributed by atoms with Crippen molar-refractivity contribution in [2.75, 3.05) is 13.6 Å². The van der Waals surface area contributed by atoms with Crippen molar-refractivity contribution in [1.82, 2.24) is 0 Å². The van der Waals surface area contributed by atoms with Gasteiger partial charge in [0, 0.05) is 0 Å². The van der Waals surface area contributed by atoms with Crippen molar-refractivity contribution >= 4 is 70.9 Å². The third kappa shape index (κ3) is 10.1. The van der Waals surface area contributed by atoms with Gasteiger partial charge in [-0.1, -0.05) is 116 Å². The Balaban J connectivity index is 0.000000400. The molecule has 0 radical (unpaired) electrons. The molecule has 0 unspecified atom stereocenters. The van der Waals surface area contributed by atoms with Crippen molar-refractivity contribution < 1.29 is 48.7 Å². The number of hydrogen-bond acceptors (Lipinski definition) is 4. The third-order valence-electron chi connectivity index (χ3n) is 9.86. The van der Waals surface area contributed by atoms with E-state index in [2.05, 4.69) is 200 Å². The fraction of sp³-hybridized carbons (Fsp3) is 0.125. The van der Waals surface area contributed by atoms with E-state index in [4.69, 9.17) is 18.9 Å². The molecule has 0 bridgehead atoms. The molecule has 4 nitrogen and oxygen atoms in total. The summed E-state index contributed by atoms with van der Waals surface area (Å²) >= 11 is 1.82. The van der Waals surface area contributed by atoms with Crippen LogP contribution >= 0.6 is 39.0 Å². The van der Waals surface area contributed by atoms with E-state index in [9.17, 15) is 0 Å². The van der Waals surface area contributed by atoms with E-state index in [1.165, 1.54) is 43.0 Å². The molecule has 10 heteroatoms. The summed E-state index contributed by atoms with van der Waals surface area (Å²) in [5.41, 5.74) is 4.83. The topological polar surface area (TPSA) is 36.9 Å². The second-order valence-electron chi connectivity index (χ2n) is 13.7. The Kier molecular flexibility index (Phi) is 17.1. The summed E-state index contributed by atoms with van der Waals surface area (Å²) in [6.45, 7) is 6.91. The molecule has 0 saturated carbocycles. The van der Waals surface area contributed by atoms with Gasteiger partial charge >= 0.3 is 27.0 Å². The minimum atomic E-state index is -1.48. The Morgan fingerprint density at radius 3 is 1.10 bits per heavy atom. The van der Waals surface area contributed by atoms with E-state index in [1.54, 1.807) is 0 Å². The molecule has 2 heterocycles. The number of benzene rings is 7. The maximum atomic E-state index is 6.36. The molecule has 7 aromatic carbocycles. The largest absolute Gasteiger partial charge is 0.454 e. The van der Waals surface area contributed by atoms with Gasteiger partial charge in [-0.05, 0) is 91.2 Å². The summed E-state index contributed by atoms with van der Waals surface area (Å²) in [5, 5.41) is 7.64. The number of halogens is 2. The van der Waals surface area contributed by atoms with Gasteiger partial charge < -0.3 is 31.4 Å². The van der Waals surface area contributed by atoms with Crippen LogP contribution in [0.3, 0.4) is 0 Å². The van der Waals surface area contributed by atoms with Crippen molar-refractivity contribution in [2.45, 2.75) is 26.7 Å². The smallest absolute Gasteiger partial charge is 0.231 e. The SMILES string of the molecule is Cc1ccc(C(C)C)cc1.S.[Cl-].[Cl][Ru+].c1ccc([PH+](c2ccccc2)c2ccc3c(c2-c2c([PH+](c4ccccc4)c4ccccc4)ccc4c2OCO4)OCO3)cc1. The zero-order valence-corrected chi connectivity index (χ0v) is 38.6. The first-order valence-corrected chi connectivity index (χ1v) is 23.8. The zero-order valence-electron chi connectivity index (χ0n) is 32.4. The molecule has 0 amide bonds. The van der Waals surface area contributed by atoms with Gasteiger partial charge in [0.25, 0.3) is 0 Å². The predicted molar refractivity (Wildman–Crippen MR) is 246 cm³/mol. The summed E-state index contributed by atoms with van der Waals surface area (Å²) in [5.74, 6) is 3.69. The van der Waals surface area contributed by atoms with Gasteiger partial charge in [0.2, 0.25) is 13.6 Å². The number of rotatable bonds is 8. The van der Waals surface area contributed by atoms with Gasteiger partial charge in [0.15, 0.2) is 23.0 Å². The van der Waals surface area contributed by atoms with Crippen molar-refractivity contribution in [2.24, 2.45) is 0 Å². The predicted octanol–water partition coefficient (Wildman–Crippen LogP) is 6.71. The average molecular weight is 953 g/mol. The Bertz CT molecular complexity index is 2120. The molecule has 9 rings (SSSR count). The molecule has 2 aliphatic rings. The van der Waals surface area contributed by atoms with Gasteiger partial charge in [0.1, 0.15) is 31.8 Å². The molecule has 0 N–H and O–H groups in total. The first kappa shape index (κ1) is 45.2. The molecule has 0 aliphatic carbocycles. The Morgan fingerprint density at radius 1 is 0.466 bits per heavy atom. The molecule has 0 aromatic heterocycles. The summed E-state index contributed by atoms with van der Waals surface area (Å²) in [6, 6.07) is 60.6. The van der Waals surface area contributed by atoms with Crippen LogP contribution in [0.15, 0.2) is 170 Å². The van der Waals surface area contributed by atoms with Crippen molar-refractivity contribution in [3.8, 4) is 34.1 Å². The first-order valence-electron chi connectivity index (χ1n) is 18.6. The quantitative estimate of drug-likeness (QED) is 0.126. The number of fused-ring (bicyclic) bond motifs is 2. The zero-order chi connectivity index (χ0) is 38.9. The van der Waals surface area contributed by atoms with Crippen LogP contribution in [0.2, 0.25) is 0 Å². The molecule has 298 valence electrons. The Morgan fingerprint density at radius 2 is 0.793 bits per heavy atom. The van der Waals surface area contributed by atoms with Gasteiger partial charge in [0.05, 0.1) is 27.0 Å². The standard InChI is InChI=1S/C38H28O4P2.C10H14.2ClH.Ru.H2S/c1-5-13-27(14-6-1)43(28-15-7-2-8-16-28)33-23-21-31-37(41-25-39-31)35(33)36-34(24-22-32-38(36)42-26-40-32)44(29-17-9-3-10-18-29)30-19-11-4-12-20-30;1-8(2)10-6-4-9(3)5-7-10;;;;/h1-24H,25-26H2;4-8H,1-3H3;2*1H;;1H2/q;;;;+2;. The maximum absolute atomic E-state index is 6.36. The van der Waals surface area contributed by atoms with Crippen molar-refractivity contribution in [1.29, 1.82) is 0 Å². The third-order valence-corrected chi connectivity index (χ3v) is 15.4. The molecular formula is C48H46Cl2O4P2RuS+2. The van der Waals surface area contributed by atoms with Crippen LogP contribution in [0.25, 0.3) is 11.1 Å². The molecule has 0 fully saturated rings. The van der Waals surface area contributed by atoms with E-state index in [0.29, 0.717) is 5.92 Å². The van der Waals surface area contributed by atoms with Gasteiger partial charge in [-0.3, -0.25) is 0 Å². The molecule has 58 heavy (non-hydrogen) atoms. The number of aryl methyl sites for hydroxylation is 1. The summed E-state index contributed by atoms with van der Waals surface area (Å²) in [4.78, 5) is 0. The maximum Gasteiger partial charge on any atom is 0.231 e. The molecule has 0 spiro atoms. The normalized spacial score (nSPS) is 11.8. The molecule has 2 aliphatic heterocycles. The first-order chi connectivity index (χ1) is 27.6. The van der Waals surface area contributed by atoms with Crippen molar-refractivity contribution in [3.63, 3.8) is 0 Å². The monoisotopic (exact) mass is 952 g/mol. The summed E-state index contributed by atoms with van der Waals surface area (Å²) in [7, 11) is 1.60. The number of ether oxygens (including phenoxy) is 4. The van der Waals surface area contributed by atoms with Gasteiger partial charge in [-0.2, -0.15) is 13.5 Å². The molecule has 0 saturated heterocycles. The van der Waals surface area contributed by atoms with E-state index in [0.717, 1.165) is 34.1 Å². The molecule has 0 atom stereocenters. The van der Waals surface area contributed by atoms with Crippen LogP contribution in [0.4, 0.5) is 0 Å². The number of hydrogen-bond donors (Lipinski definition) is 0. The van der Waals surface area contributed by atoms with Crippen LogP contribution in [-0.4, -0.2) is 13.6 Å². The fourth-order valence-corrected chi connectivity index (χ4v) is 12.7. The minimum absolute atomic E-state index is 0. The second kappa shape index (κ2) is 22.0. The van der Waals surface area contributed by atoms with Gasteiger partial charge in [-0.25, -0.2) is 0 Å². The molecular weight excluding hydrogens is 907 g/mol. The van der Waals surface area contributed by atoms with Gasteiger partial charge in [-0.15, -0.1) is 0 Å². The average Bonchev–Trinajstić information content (AvgIpc) is 3.95. The summed E-state index contributed by atoms with van der Waals surface area (Å²) < 4.78 is 24.8. The second-order valence-corrected chi connectivity index (χ2v) is 18.6. The fourth-order valence-electron chi connectivity index (χ4n) is 7.18. The van der Waals surface area contributed by atoms with Crippen LogP contribution in [-0.2, 0) is 17.3 Å². The van der Waals surface area contributed by atoms with Crippen LogP contribution in [0.5, 0.6) is 23.0 Å². The van der Waals surface area contributed by atoms with Crippen LogP contribution in [0, 0.1) is 6.92 Å². The summed E-state index contributed by atoms with van der Waals surface area (Å²) in [6.07, 6.45) is 0. The van der Waals surface area contributed by atoms with E-state index in [-0.39, 0.29) is 39.5 Å². The van der Waals surface area contributed by atoms with Crippen LogP contribution < -0.4 is 63.2 Å². The molecule has 7 aromatic rings. The van der Waals surface area contributed by atoms with E-state index >= 15 is 0 Å². The van der Waals surface area contributed by atoms with Crippen molar-refractivity contribution in [3.05, 3.63) is 181 Å². The van der Waals surface area contributed by atoms with E-state index < -0.39 is 15.8 Å². The Labute approximate surface area is 372 Å². The minimum Gasteiger partial charge on any atom is -0.454 e. The van der Waals surface area contributed by atoms with Crippen LogP contribution in [0.1, 0.15) is 30.9 Å².